The van der Waals surface area contributed by atoms with Crippen LogP contribution in [0.5, 0.6) is 0 Å². The summed E-state index contributed by atoms with van der Waals surface area (Å²) < 4.78 is 29.8. The number of sulfone groups is 1. The van der Waals surface area contributed by atoms with Crippen LogP contribution in [-0.4, -0.2) is 69.5 Å². The van der Waals surface area contributed by atoms with Crippen molar-refractivity contribution in [1.82, 2.24) is 5.32 Å². The molecule has 1 atom stereocenters. The number of hydrogen-bond donors (Lipinski definition) is 2. The number of quaternary nitrogens is 1. The number of fused-ring (bicyclic) bond motifs is 4. The van der Waals surface area contributed by atoms with Crippen molar-refractivity contribution in [2.24, 2.45) is 5.92 Å². The monoisotopic (exact) mass is 774 g/mol. The number of benzene rings is 2. The fourth-order valence-electron chi connectivity index (χ4n) is 8.70. The third-order valence-electron chi connectivity index (χ3n) is 11.7. The molecule has 0 saturated carbocycles. The summed E-state index contributed by atoms with van der Waals surface area (Å²) in [5.74, 6) is 1.16. The molecule has 49 heavy (non-hydrogen) atoms. The van der Waals surface area contributed by atoms with E-state index in [0.717, 1.165) is 97.6 Å². The number of halogens is 1. The highest BCUT2D eigenvalue weighted by molar-refractivity contribution is 7.91. The first kappa shape index (κ1) is 40.3. The van der Waals surface area contributed by atoms with Crippen molar-refractivity contribution < 1.29 is 29.9 Å². The molecule has 0 radical (unpaired) electrons. The Morgan fingerprint density at radius 3 is 2.22 bits per heavy atom. The molecule has 2 N–H and O–H groups in total. The Bertz CT molecular complexity index is 1450. The quantitative estimate of drug-likeness (QED) is 0.116. The van der Waals surface area contributed by atoms with E-state index in [1.165, 1.54) is 62.8 Å². The molecule has 9 heteroatoms. The average Bonchev–Trinajstić information content (AvgIpc) is 3.17. The highest BCUT2D eigenvalue weighted by atomic mass is 79.9. The average molecular weight is 776 g/mol. The zero-order valence-electron chi connectivity index (χ0n) is 30.7. The van der Waals surface area contributed by atoms with Gasteiger partial charge in [0.15, 0.2) is 9.84 Å². The van der Waals surface area contributed by atoms with Crippen LogP contribution >= 0.6 is 12.2 Å². The van der Waals surface area contributed by atoms with Crippen LogP contribution in [0.4, 0.5) is 11.4 Å². The Hall–Kier alpha value is -1.52. The number of unbranched alkanes of at least 4 members (excludes halogenated alkanes) is 6. The van der Waals surface area contributed by atoms with Gasteiger partial charge in [-0.05, 0) is 105 Å². The van der Waals surface area contributed by atoms with Crippen molar-refractivity contribution in [3.63, 3.8) is 0 Å². The molecule has 4 heterocycles. The minimum absolute atomic E-state index is 0. The number of nitrogens with zero attached hydrogens (tertiary/aromatic N) is 2. The van der Waals surface area contributed by atoms with Gasteiger partial charge in [0, 0.05) is 31.0 Å². The lowest BCUT2D eigenvalue weighted by Gasteiger charge is -2.49. The van der Waals surface area contributed by atoms with Crippen LogP contribution in [0.2, 0.25) is 0 Å². The van der Waals surface area contributed by atoms with Gasteiger partial charge >= 0.3 is 0 Å². The molecule has 0 aromatic heterocycles. The van der Waals surface area contributed by atoms with E-state index >= 15 is 0 Å². The molecular weight excluding hydrogens is 713 g/mol. The maximum absolute atomic E-state index is 14.2. The first-order valence-electron chi connectivity index (χ1n) is 19.1. The number of thiocarbonyl (C=S) groups is 1. The molecule has 4 aliphatic rings. The van der Waals surface area contributed by atoms with Gasteiger partial charge in [-0.1, -0.05) is 76.7 Å². The van der Waals surface area contributed by atoms with Gasteiger partial charge in [0.1, 0.15) is 0 Å². The Kier molecular flexibility index (Phi) is 15.0. The number of rotatable bonds is 17. The van der Waals surface area contributed by atoms with Gasteiger partial charge in [-0.2, -0.15) is 0 Å². The molecular formula is C40H63BrN4O2S2. The topological polar surface area (TPSA) is 61.4 Å². The highest BCUT2D eigenvalue weighted by Crippen LogP contribution is 2.41. The summed E-state index contributed by atoms with van der Waals surface area (Å²) in [6.07, 6.45) is 17.1. The van der Waals surface area contributed by atoms with Crippen molar-refractivity contribution in [2.75, 3.05) is 56.2 Å². The summed E-state index contributed by atoms with van der Waals surface area (Å²) in [4.78, 5) is 3.41. The van der Waals surface area contributed by atoms with Crippen molar-refractivity contribution >= 4 is 38.4 Å². The number of piperidine rings is 3. The molecule has 2 aromatic carbocycles. The summed E-state index contributed by atoms with van der Waals surface area (Å²) in [7, 11) is 0.509. The van der Waals surface area contributed by atoms with E-state index in [-0.39, 0.29) is 28.8 Å². The smallest absolute Gasteiger partial charge is 0.180 e. The number of hydrogen-bond acceptors (Lipinski definition) is 5. The standard InChI is InChI=1S/C40H62N4O2S2.BrH/c1-5-7-11-23-40(24-12-8-6-2)31-48(45,46)37-19-18-35(43(3)4)30-36(37)39(42-40)33-15-14-16-34(29-33)41-38(47)17-10-9-13-25-44-26-20-32(21-27-44)22-28-44;/h14-16,18-19,29-30,32,39,42H,5-13,17,20-28,31H2,1-4H3;1H. The summed E-state index contributed by atoms with van der Waals surface area (Å²) in [5.41, 5.74) is 3.42. The van der Waals surface area contributed by atoms with E-state index in [1.807, 2.05) is 26.2 Å². The highest BCUT2D eigenvalue weighted by Gasteiger charge is 2.43. The minimum atomic E-state index is -3.52. The molecule has 3 fully saturated rings. The van der Waals surface area contributed by atoms with E-state index in [9.17, 15) is 8.42 Å². The van der Waals surface area contributed by atoms with Crippen molar-refractivity contribution in [1.29, 1.82) is 0 Å². The molecule has 0 spiro atoms. The summed E-state index contributed by atoms with van der Waals surface area (Å²) in [6.45, 7) is 9.98. The Labute approximate surface area is 314 Å². The van der Waals surface area contributed by atoms with E-state index in [4.69, 9.17) is 12.2 Å². The fourth-order valence-corrected chi connectivity index (χ4v) is 11.0. The predicted octanol–water partition coefficient (Wildman–Crippen LogP) is 6.05. The lowest BCUT2D eigenvalue weighted by atomic mass is 9.85. The van der Waals surface area contributed by atoms with Crippen LogP contribution in [0.15, 0.2) is 47.4 Å². The molecule has 6 rings (SSSR count). The van der Waals surface area contributed by atoms with E-state index in [1.54, 1.807) is 0 Å². The van der Waals surface area contributed by atoms with Gasteiger partial charge in [0.05, 0.1) is 47.9 Å². The molecule has 3 saturated heterocycles. The van der Waals surface area contributed by atoms with Crippen molar-refractivity contribution in [3.8, 4) is 0 Å². The Morgan fingerprint density at radius 1 is 0.918 bits per heavy atom. The van der Waals surface area contributed by atoms with Gasteiger partial charge in [-0.3, -0.25) is 5.32 Å². The van der Waals surface area contributed by atoms with Crippen LogP contribution in [0.1, 0.15) is 127 Å². The molecule has 274 valence electrons. The lowest BCUT2D eigenvalue weighted by Crippen LogP contribution is -3.00. The second-order valence-electron chi connectivity index (χ2n) is 15.6. The largest absolute Gasteiger partial charge is 1.00 e. The van der Waals surface area contributed by atoms with E-state index in [0.29, 0.717) is 4.90 Å². The van der Waals surface area contributed by atoms with Crippen LogP contribution in [0.25, 0.3) is 0 Å². The lowest BCUT2D eigenvalue weighted by molar-refractivity contribution is -0.942. The first-order chi connectivity index (χ1) is 23.1. The molecule has 2 aromatic rings. The second-order valence-corrected chi connectivity index (χ2v) is 18.1. The number of anilines is 2. The molecule has 4 aliphatic heterocycles. The minimum Gasteiger partial charge on any atom is -1.00 e. The SMILES string of the molecule is CCCCCC1(CCCCC)CS(=O)(=O)c2ccc(N(C)C)cc2C(c2cccc(NC(=S)CCCCC[N+]34CCC(CC3)CC4)c2)N1.[Br-]. The van der Waals surface area contributed by atoms with Gasteiger partial charge < -0.3 is 31.7 Å². The van der Waals surface area contributed by atoms with Crippen LogP contribution < -0.4 is 32.5 Å². The summed E-state index contributed by atoms with van der Waals surface area (Å²) in [5, 5.41) is 7.60. The molecule has 2 bridgehead atoms. The predicted molar refractivity (Wildman–Crippen MR) is 207 cm³/mol. The van der Waals surface area contributed by atoms with Crippen molar-refractivity contribution in [3.05, 3.63) is 53.6 Å². The maximum atomic E-state index is 14.2. The molecule has 0 amide bonds. The molecule has 0 aliphatic carbocycles. The van der Waals surface area contributed by atoms with Gasteiger partial charge in [0.2, 0.25) is 0 Å². The molecule has 1 unspecified atom stereocenters. The van der Waals surface area contributed by atoms with Gasteiger partial charge in [-0.25, -0.2) is 8.42 Å². The zero-order chi connectivity index (χ0) is 34.2. The fraction of sp³-hybridized carbons (Fsp3) is 0.675. The van der Waals surface area contributed by atoms with Crippen LogP contribution in [-0.2, 0) is 9.84 Å². The third kappa shape index (κ3) is 10.5. The van der Waals surface area contributed by atoms with E-state index < -0.39 is 15.4 Å². The maximum Gasteiger partial charge on any atom is 0.180 e. The summed E-state index contributed by atoms with van der Waals surface area (Å²) >= 11 is 5.86. The van der Waals surface area contributed by atoms with Crippen LogP contribution in [0, 0.1) is 5.92 Å². The van der Waals surface area contributed by atoms with Gasteiger partial charge in [-0.15, -0.1) is 0 Å². The summed E-state index contributed by atoms with van der Waals surface area (Å²) in [6, 6.07) is 14.1. The number of nitrogens with one attached hydrogen (secondary N) is 2. The van der Waals surface area contributed by atoms with Gasteiger partial charge in [0.25, 0.3) is 0 Å². The third-order valence-corrected chi connectivity index (χ3v) is 13.9. The normalized spacial score (nSPS) is 23.6. The second kappa shape index (κ2) is 18.3. The Morgan fingerprint density at radius 2 is 1.59 bits per heavy atom. The van der Waals surface area contributed by atoms with Crippen molar-refractivity contribution in [2.45, 2.75) is 127 Å². The first-order valence-corrected chi connectivity index (χ1v) is 21.2. The van der Waals surface area contributed by atoms with E-state index in [2.05, 4.69) is 59.7 Å². The zero-order valence-corrected chi connectivity index (χ0v) is 34.0. The molecule has 6 nitrogen and oxygen atoms in total. The van der Waals surface area contributed by atoms with Crippen LogP contribution in [0.3, 0.4) is 0 Å². The Balaban J connectivity index is 0.00000541.